The van der Waals surface area contributed by atoms with E-state index >= 15 is 0 Å². The fourth-order valence-electron chi connectivity index (χ4n) is 1.28. The van der Waals surface area contributed by atoms with E-state index in [9.17, 15) is 14.4 Å². The van der Waals surface area contributed by atoms with Crippen LogP contribution in [0, 0.1) is 0 Å². The molecule has 0 unspecified atom stereocenters. The summed E-state index contributed by atoms with van der Waals surface area (Å²) in [7, 11) is 0. The molecule has 0 aliphatic rings. The van der Waals surface area contributed by atoms with Crippen LogP contribution in [-0.4, -0.2) is 29.4 Å². The third kappa shape index (κ3) is 9.57. The quantitative estimate of drug-likeness (QED) is 0.368. The van der Waals surface area contributed by atoms with Crippen LogP contribution < -0.4 is 0 Å². The van der Waals surface area contributed by atoms with E-state index in [4.69, 9.17) is 9.84 Å². The Bertz CT molecular complexity index is 319. The fraction of sp³-hybridized carbons (Fsp3) is 0.615. The highest BCUT2D eigenvalue weighted by Crippen LogP contribution is 2.04. The third-order valence-corrected chi connectivity index (χ3v) is 2.28. The lowest BCUT2D eigenvalue weighted by Crippen LogP contribution is -2.08. The molecule has 0 heterocycles. The molecule has 0 aliphatic heterocycles. The highest BCUT2D eigenvalue weighted by Gasteiger charge is 2.05. The molecule has 18 heavy (non-hydrogen) atoms. The third-order valence-electron chi connectivity index (χ3n) is 2.28. The number of carboxylic acids is 1. The number of hydrogen-bond acceptors (Lipinski definition) is 4. The molecule has 0 rings (SSSR count). The molecule has 1 N–H and O–H groups in total. The van der Waals surface area contributed by atoms with Crippen LogP contribution in [-0.2, 0) is 19.1 Å². The van der Waals surface area contributed by atoms with Gasteiger partial charge in [0.1, 0.15) is 5.78 Å². The first kappa shape index (κ1) is 16.4. The summed E-state index contributed by atoms with van der Waals surface area (Å²) in [5, 5.41) is 8.41. The predicted molar refractivity (Wildman–Crippen MR) is 66.1 cm³/mol. The summed E-state index contributed by atoms with van der Waals surface area (Å²) in [4.78, 5) is 32.6. The molecule has 5 nitrogen and oxygen atoms in total. The number of unbranched alkanes of at least 4 members (excludes halogenated alkanes) is 1. The molecule has 0 amide bonds. The second-order valence-electron chi connectivity index (χ2n) is 4.16. The molecule has 0 spiro atoms. The van der Waals surface area contributed by atoms with E-state index in [0.29, 0.717) is 37.7 Å². The summed E-state index contributed by atoms with van der Waals surface area (Å²) in [5.74, 6) is -1.20. The first-order valence-corrected chi connectivity index (χ1v) is 5.99. The molecule has 5 heteroatoms. The Hall–Kier alpha value is -1.65. The number of rotatable bonds is 10. The monoisotopic (exact) mass is 256 g/mol. The Morgan fingerprint density at radius 3 is 2.17 bits per heavy atom. The number of aliphatic carboxylic acids is 1. The van der Waals surface area contributed by atoms with Gasteiger partial charge in [-0.15, -0.1) is 0 Å². The van der Waals surface area contributed by atoms with Crippen molar-refractivity contribution in [1.82, 2.24) is 0 Å². The zero-order valence-electron chi connectivity index (χ0n) is 10.7. The van der Waals surface area contributed by atoms with Crippen molar-refractivity contribution in [2.75, 3.05) is 6.61 Å². The first-order valence-electron chi connectivity index (χ1n) is 5.99. The molecule has 0 radical (unpaired) electrons. The minimum atomic E-state index is -0.839. The van der Waals surface area contributed by atoms with Gasteiger partial charge < -0.3 is 9.84 Å². The van der Waals surface area contributed by atoms with E-state index in [1.165, 1.54) is 0 Å². The van der Waals surface area contributed by atoms with Gasteiger partial charge in [-0.2, -0.15) is 0 Å². The molecule has 102 valence electrons. The Balaban J connectivity index is 3.45. The zero-order valence-corrected chi connectivity index (χ0v) is 10.7. The lowest BCUT2D eigenvalue weighted by molar-refractivity contribution is -0.139. The highest BCUT2D eigenvalue weighted by molar-refractivity contribution is 5.86. The van der Waals surface area contributed by atoms with Gasteiger partial charge in [0, 0.05) is 24.8 Å². The van der Waals surface area contributed by atoms with Gasteiger partial charge in [0.25, 0.3) is 0 Å². The Kier molecular flexibility index (Phi) is 8.53. The van der Waals surface area contributed by atoms with Crippen LogP contribution in [0.5, 0.6) is 0 Å². The number of esters is 1. The second-order valence-corrected chi connectivity index (χ2v) is 4.16. The normalized spacial score (nSPS) is 9.83. The molecule has 0 fully saturated rings. The Morgan fingerprint density at radius 1 is 1.06 bits per heavy atom. The molecule has 0 bridgehead atoms. The number of ether oxygens (including phenoxy) is 1. The maximum Gasteiger partial charge on any atom is 0.333 e. The largest absolute Gasteiger partial charge is 0.481 e. The minimum Gasteiger partial charge on any atom is -0.481 e. The van der Waals surface area contributed by atoms with Crippen LogP contribution in [0.4, 0.5) is 0 Å². The fourth-order valence-corrected chi connectivity index (χ4v) is 1.28. The maximum atomic E-state index is 11.4. The SMILES string of the molecule is C=C(C)C(=O)OCCCC(=O)CCCCC(=O)O. The van der Waals surface area contributed by atoms with Gasteiger partial charge >= 0.3 is 11.9 Å². The molecule has 0 aromatic carbocycles. The number of carbonyl (C=O) groups is 3. The molecule has 0 atom stereocenters. The van der Waals surface area contributed by atoms with E-state index in [2.05, 4.69) is 6.58 Å². The summed E-state index contributed by atoms with van der Waals surface area (Å²) >= 11 is 0. The smallest absolute Gasteiger partial charge is 0.333 e. The number of Topliss-reactive ketones (excluding diaryl/α,β-unsaturated/α-hetero) is 1. The summed E-state index contributed by atoms with van der Waals surface area (Å²) in [5.41, 5.74) is 0.343. The number of ketones is 1. The van der Waals surface area contributed by atoms with Crippen LogP contribution >= 0.6 is 0 Å². The van der Waals surface area contributed by atoms with Crippen LogP contribution in [0.1, 0.15) is 45.4 Å². The van der Waals surface area contributed by atoms with Gasteiger partial charge in [-0.3, -0.25) is 9.59 Å². The summed E-state index contributed by atoms with van der Waals surface area (Å²) in [6.07, 6.45) is 2.46. The van der Waals surface area contributed by atoms with Gasteiger partial charge in [0.05, 0.1) is 6.61 Å². The second kappa shape index (κ2) is 9.39. The van der Waals surface area contributed by atoms with E-state index in [1.807, 2.05) is 0 Å². The van der Waals surface area contributed by atoms with Gasteiger partial charge in [0.2, 0.25) is 0 Å². The average molecular weight is 256 g/mol. The van der Waals surface area contributed by atoms with E-state index in [1.54, 1.807) is 6.92 Å². The molecule has 0 saturated carbocycles. The van der Waals surface area contributed by atoms with Gasteiger partial charge in [-0.1, -0.05) is 6.58 Å². The average Bonchev–Trinajstić information content (AvgIpc) is 2.29. The van der Waals surface area contributed by atoms with Crippen molar-refractivity contribution in [2.24, 2.45) is 0 Å². The Labute approximate surface area is 107 Å². The zero-order chi connectivity index (χ0) is 14.0. The van der Waals surface area contributed by atoms with Crippen molar-refractivity contribution in [3.05, 3.63) is 12.2 Å². The van der Waals surface area contributed by atoms with Gasteiger partial charge in [-0.05, 0) is 26.2 Å². The molecule has 0 aromatic rings. The van der Waals surface area contributed by atoms with Crippen molar-refractivity contribution in [1.29, 1.82) is 0 Å². The predicted octanol–water partition coefficient (Wildman–Crippen LogP) is 2.10. The number of hydrogen-bond donors (Lipinski definition) is 1. The summed E-state index contributed by atoms with van der Waals surface area (Å²) in [6.45, 7) is 5.22. The molecule has 0 aliphatic carbocycles. The number of carbonyl (C=O) groups excluding carboxylic acids is 2. The number of carboxylic acid groups (broad SMARTS) is 1. The van der Waals surface area contributed by atoms with Crippen molar-refractivity contribution in [3.8, 4) is 0 Å². The van der Waals surface area contributed by atoms with Gasteiger partial charge in [-0.25, -0.2) is 4.79 Å². The van der Waals surface area contributed by atoms with Gasteiger partial charge in [0.15, 0.2) is 0 Å². The molecule has 0 saturated heterocycles. The highest BCUT2D eigenvalue weighted by atomic mass is 16.5. The molecule has 0 aromatic heterocycles. The lowest BCUT2D eigenvalue weighted by atomic mass is 10.1. The van der Waals surface area contributed by atoms with Crippen LogP contribution in [0.2, 0.25) is 0 Å². The van der Waals surface area contributed by atoms with E-state index in [0.717, 1.165) is 0 Å². The van der Waals surface area contributed by atoms with Crippen molar-refractivity contribution in [2.45, 2.75) is 45.4 Å². The van der Waals surface area contributed by atoms with Crippen molar-refractivity contribution >= 4 is 17.7 Å². The standard InChI is InChI=1S/C13H20O5/c1-10(2)13(17)18-9-5-7-11(14)6-3-4-8-12(15)16/h1,3-9H2,2H3,(H,15,16). The maximum absolute atomic E-state index is 11.4. The van der Waals surface area contributed by atoms with Crippen LogP contribution in [0.3, 0.4) is 0 Å². The van der Waals surface area contributed by atoms with Crippen LogP contribution in [0.25, 0.3) is 0 Å². The van der Waals surface area contributed by atoms with E-state index in [-0.39, 0.29) is 18.8 Å². The molecular weight excluding hydrogens is 236 g/mol. The molecular formula is C13H20O5. The topological polar surface area (TPSA) is 80.7 Å². The van der Waals surface area contributed by atoms with Crippen molar-refractivity contribution < 1.29 is 24.2 Å². The summed E-state index contributed by atoms with van der Waals surface area (Å²) < 4.78 is 4.84. The Morgan fingerprint density at radius 2 is 1.61 bits per heavy atom. The van der Waals surface area contributed by atoms with Crippen LogP contribution in [0.15, 0.2) is 12.2 Å². The summed E-state index contributed by atoms with van der Waals surface area (Å²) in [6, 6.07) is 0. The lowest BCUT2D eigenvalue weighted by Gasteiger charge is -2.03. The van der Waals surface area contributed by atoms with E-state index < -0.39 is 11.9 Å². The minimum absolute atomic E-state index is 0.0757. The first-order chi connectivity index (χ1) is 8.43. The van der Waals surface area contributed by atoms with Crippen molar-refractivity contribution in [3.63, 3.8) is 0 Å².